The van der Waals surface area contributed by atoms with Crippen molar-refractivity contribution in [3.8, 4) is 0 Å². The maximum Gasteiger partial charge on any atom is 0.408 e. The predicted octanol–water partition coefficient (Wildman–Crippen LogP) is 2.71. The second kappa shape index (κ2) is 8.65. The Bertz CT molecular complexity index is 614. The number of carbonyl (C=O) groups is 3. The summed E-state index contributed by atoms with van der Waals surface area (Å²) in [4.78, 5) is 36.3. The maximum atomic E-state index is 12.6. The number of amides is 1. The molecule has 0 aromatic heterocycles. The van der Waals surface area contributed by atoms with E-state index in [-0.39, 0.29) is 36.1 Å². The molecule has 0 unspecified atom stereocenters. The van der Waals surface area contributed by atoms with Crippen molar-refractivity contribution < 1.29 is 23.9 Å². The van der Waals surface area contributed by atoms with Gasteiger partial charge >= 0.3 is 12.1 Å². The molecular formula is C19H25NO5. The van der Waals surface area contributed by atoms with Crippen LogP contribution >= 0.6 is 0 Å². The molecule has 25 heavy (non-hydrogen) atoms. The van der Waals surface area contributed by atoms with Crippen LogP contribution < -0.4 is 5.32 Å². The minimum Gasteiger partial charge on any atom is -0.466 e. The second-order valence-corrected chi connectivity index (χ2v) is 6.53. The molecule has 1 saturated carbocycles. The van der Waals surface area contributed by atoms with Crippen LogP contribution in [0.4, 0.5) is 4.79 Å². The molecule has 1 aliphatic rings. The number of nitrogens with one attached hydrogen (secondary N) is 1. The van der Waals surface area contributed by atoms with Crippen molar-refractivity contribution in [1.82, 2.24) is 5.32 Å². The summed E-state index contributed by atoms with van der Waals surface area (Å²) in [5.74, 6) is -1.32. The van der Waals surface area contributed by atoms with Crippen LogP contribution in [0.5, 0.6) is 0 Å². The lowest BCUT2D eigenvalue weighted by Crippen LogP contribution is -2.45. The number of rotatable bonds is 8. The molecule has 2 rings (SSSR count). The highest BCUT2D eigenvalue weighted by molar-refractivity contribution is 5.96. The number of Topliss-reactive ketones (excluding diaryl/α,β-unsaturated/α-hetero) is 1. The topological polar surface area (TPSA) is 81.7 Å². The highest BCUT2D eigenvalue weighted by atomic mass is 16.5. The lowest BCUT2D eigenvalue weighted by atomic mass is 9.96. The zero-order valence-electron chi connectivity index (χ0n) is 14.9. The van der Waals surface area contributed by atoms with Crippen LogP contribution in [-0.4, -0.2) is 30.5 Å². The number of ketones is 1. The van der Waals surface area contributed by atoms with E-state index in [9.17, 15) is 14.4 Å². The summed E-state index contributed by atoms with van der Waals surface area (Å²) in [6.07, 6.45) is -0.147. The molecule has 136 valence electrons. The van der Waals surface area contributed by atoms with Crippen molar-refractivity contribution in [3.05, 3.63) is 35.9 Å². The molecule has 6 heteroatoms. The fourth-order valence-corrected chi connectivity index (χ4v) is 2.71. The first-order valence-electron chi connectivity index (χ1n) is 8.61. The van der Waals surface area contributed by atoms with Crippen LogP contribution in [0.2, 0.25) is 0 Å². The number of ether oxygens (including phenoxy) is 2. The Balaban J connectivity index is 1.87. The standard InChI is InChI=1S/C19H25NO5/c1-4-24-18(22)15-10-14(15)17(21)16(12(2)3)20-19(23)25-11-13-8-6-5-7-9-13/h5-9,12,14-16H,4,10-11H2,1-3H3,(H,20,23)/t14-,15-,16-/m0/s1. The average Bonchev–Trinajstić information content (AvgIpc) is 3.39. The smallest absolute Gasteiger partial charge is 0.408 e. The average molecular weight is 347 g/mol. The van der Waals surface area contributed by atoms with Crippen molar-refractivity contribution >= 4 is 17.8 Å². The lowest BCUT2D eigenvalue weighted by Gasteiger charge is -2.21. The van der Waals surface area contributed by atoms with Crippen molar-refractivity contribution in [2.24, 2.45) is 17.8 Å². The molecule has 0 heterocycles. The first-order chi connectivity index (χ1) is 11.9. The van der Waals surface area contributed by atoms with Gasteiger partial charge in [-0.15, -0.1) is 0 Å². The van der Waals surface area contributed by atoms with Gasteiger partial charge in [-0.1, -0.05) is 44.2 Å². The van der Waals surface area contributed by atoms with E-state index in [0.717, 1.165) is 5.56 Å². The molecule has 0 bridgehead atoms. The van der Waals surface area contributed by atoms with Crippen LogP contribution in [0, 0.1) is 17.8 Å². The molecule has 0 spiro atoms. The summed E-state index contributed by atoms with van der Waals surface area (Å²) in [5.41, 5.74) is 0.870. The fraction of sp³-hybridized carbons (Fsp3) is 0.526. The summed E-state index contributed by atoms with van der Waals surface area (Å²) in [6, 6.07) is 8.64. The zero-order valence-corrected chi connectivity index (χ0v) is 14.9. The molecular weight excluding hydrogens is 322 g/mol. The summed E-state index contributed by atoms with van der Waals surface area (Å²) < 4.78 is 10.1. The Hall–Kier alpha value is -2.37. The van der Waals surface area contributed by atoms with Gasteiger partial charge in [0.1, 0.15) is 6.61 Å². The number of hydrogen-bond acceptors (Lipinski definition) is 5. The van der Waals surface area contributed by atoms with Gasteiger partial charge in [-0.3, -0.25) is 9.59 Å². The first-order valence-corrected chi connectivity index (χ1v) is 8.61. The van der Waals surface area contributed by atoms with Crippen LogP contribution in [0.1, 0.15) is 32.8 Å². The van der Waals surface area contributed by atoms with Crippen LogP contribution in [0.15, 0.2) is 30.3 Å². The summed E-state index contributed by atoms with van der Waals surface area (Å²) in [6.45, 7) is 5.87. The maximum absolute atomic E-state index is 12.6. The van der Waals surface area contributed by atoms with Crippen molar-refractivity contribution in [1.29, 1.82) is 0 Å². The van der Waals surface area contributed by atoms with Gasteiger partial charge in [0.2, 0.25) is 0 Å². The van der Waals surface area contributed by atoms with Gasteiger partial charge in [-0.05, 0) is 24.8 Å². The van der Waals surface area contributed by atoms with Gasteiger partial charge in [0.05, 0.1) is 18.6 Å². The highest BCUT2D eigenvalue weighted by Gasteiger charge is 2.51. The Kier molecular flexibility index (Phi) is 6.56. The second-order valence-electron chi connectivity index (χ2n) is 6.53. The predicted molar refractivity (Wildman–Crippen MR) is 91.6 cm³/mol. The highest BCUT2D eigenvalue weighted by Crippen LogP contribution is 2.41. The van der Waals surface area contributed by atoms with E-state index in [0.29, 0.717) is 13.0 Å². The number of alkyl carbamates (subject to hydrolysis) is 1. The van der Waals surface area contributed by atoms with Crippen LogP contribution in [0.25, 0.3) is 0 Å². The largest absolute Gasteiger partial charge is 0.466 e. The van der Waals surface area contributed by atoms with Crippen LogP contribution in [0.3, 0.4) is 0 Å². The molecule has 0 saturated heterocycles. The Morgan fingerprint density at radius 1 is 1.12 bits per heavy atom. The first kappa shape index (κ1) is 19.0. The number of benzene rings is 1. The molecule has 1 aliphatic carbocycles. The minimum absolute atomic E-state index is 0.0970. The van der Waals surface area contributed by atoms with Gasteiger partial charge in [-0.2, -0.15) is 0 Å². The Morgan fingerprint density at radius 2 is 1.80 bits per heavy atom. The summed E-state index contributed by atoms with van der Waals surface area (Å²) in [7, 11) is 0. The number of esters is 1. The Morgan fingerprint density at radius 3 is 2.40 bits per heavy atom. The van der Waals surface area contributed by atoms with E-state index in [4.69, 9.17) is 9.47 Å². The fourth-order valence-electron chi connectivity index (χ4n) is 2.71. The number of hydrogen-bond donors (Lipinski definition) is 1. The third-order valence-electron chi connectivity index (χ3n) is 4.20. The molecule has 6 nitrogen and oxygen atoms in total. The lowest BCUT2D eigenvalue weighted by molar-refractivity contribution is -0.146. The van der Waals surface area contributed by atoms with Gasteiger partial charge < -0.3 is 14.8 Å². The van der Waals surface area contributed by atoms with E-state index in [2.05, 4.69) is 5.32 Å². The normalized spacial score (nSPS) is 19.8. The van der Waals surface area contributed by atoms with Crippen LogP contribution in [-0.2, 0) is 25.7 Å². The SMILES string of the molecule is CCOC(=O)[C@H]1C[C@@H]1C(=O)[C@@H](NC(=O)OCc1ccccc1)C(C)C. The van der Waals surface area contributed by atoms with Crippen molar-refractivity contribution in [3.63, 3.8) is 0 Å². The molecule has 0 radical (unpaired) electrons. The molecule has 1 aromatic rings. The third kappa shape index (κ3) is 5.31. The Labute approximate surface area is 147 Å². The van der Waals surface area contributed by atoms with Crippen molar-refractivity contribution in [2.45, 2.75) is 39.8 Å². The van der Waals surface area contributed by atoms with E-state index >= 15 is 0 Å². The third-order valence-corrected chi connectivity index (χ3v) is 4.20. The van der Waals surface area contributed by atoms with Gasteiger partial charge in [-0.25, -0.2) is 4.79 Å². The molecule has 0 aliphatic heterocycles. The summed E-state index contributed by atoms with van der Waals surface area (Å²) in [5, 5.41) is 2.64. The van der Waals surface area contributed by atoms with Gasteiger partial charge in [0, 0.05) is 5.92 Å². The minimum atomic E-state index is -0.673. The quantitative estimate of drug-likeness (QED) is 0.731. The molecule has 3 atom stereocenters. The monoisotopic (exact) mass is 347 g/mol. The molecule has 1 N–H and O–H groups in total. The van der Waals surface area contributed by atoms with Gasteiger partial charge in [0.25, 0.3) is 0 Å². The zero-order chi connectivity index (χ0) is 18.4. The van der Waals surface area contributed by atoms with Crippen molar-refractivity contribution in [2.75, 3.05) is 6.61 Å². The molecule has 1 aromatic carbocycles. The van der Waals surface area contributed by atoms with E-state index in [1.54, 1.807) is 6.92 Å². The number of carbonyl (C=O) groups excluding carboxylic acids is 3. The van der Waals surface area contributed by atoms with Gasteiger partial charge in [0.15, 0.2) is 5.78 Å². The van der Waals surface area contributed by atoms with E-state index < -0.39 is 12.1 Å². The molecule has 1 amide bonds. The molecule has 1 fully saturated rings. The summed E-state index contributed by atoms with van der Waals surface area (Å²) >= 11 is 0. The van der Waals surface area contributed by atoms with E-state index in [1.807, 2.05) is 44.2 Å². The van der Waals surface area contributed by atoms with E-state index in [1.165, 1.54) is 0 Å².